The summed E-state index contributed by atoms with van der Waals surface area (Å²) in [7, 11) is 0. The van der Waals surface area contributed by atoms with Gasteiger partial charge in [-0.3, -0.25) is 9.59 Å². The molecule has 1 aromatic heterocycles. The van der Waals surface area contributed by atoms with Gasteiger partial charge in [-0.1, -0.05) is 66.7 Å². The lowest BCUT2D eigenvalue weighted by Gasteiger charge is -2.29. The first-order valence-electron chi connectivity index (χ1n) is 15.7. The molecule has 4 aromatic rings. The Morgan fingerprint density at radius 2 is 1.78 bits per heavy atom. The molecule has 0 saturated carbocycles. The van der Waals surface area contributed by atoms with Gasteiger partial charge in [-0.05, 0) is 61.9 Å². The van der Waals surface area contributed by atoms with E-state index in [2.05, 4.69) is 15.6 Å². The van der Waals surface area contributed by atoms with Gasteiger partial charge >= 0.3 is 0 Å². The summed E-state index contributed by atoms with van der Waals surface area (Å²) in [6, 6.07) is 25.9. The maximum Gasteiger partial charge on any atom is 0.254 e. The van der Waals surface area contributed by atoms with Gasteiger partial charge in [0.2, 0.25) is 0 Å². The number of aliphatic hydroxyl groups excluding tert-OH is 1. The first-order chi connectivity index (χ1) is 21.9. The highest BCUT2D eigenvalue weighted by molar-refractivity contribution is 7.09. The van der Waals surface area contributed by atoms with Crippen molar-refractivity contribution < 1.29 is 19.4 Å². The molecule has 0 spiro atoms. The Labute approximate surface area is 268 Å². The minimum atomic E-state index is -0.851. The highest BCUT2D eigenvalue weighted by atomic mass is 32.1. The van der Waals surface area contributed by atoms with Crippen LogP contribution >= 0.6 is 11.3 Å². The van der Waals surface area contributed by atoms with Crippen LogP contribution in [-0.2, 0) is 17.8 Å². The van der Waals surface area contributed by atoms with Gasteiger partial charge in [0.1, 0.15) is 5.01 Å². The summed E-state index contributed by atoms with van der Waals surface area (Å²) >= 11 is 1.59. The number of nitrogens with one attached hydrogen (secondary N) is 2. The van der Waals surface area contributed by atoms with Gasteiger partial charge in [0, 0.05) is 41.3 Å². The minimum absolute atomic E-state index is 0.0386. The van der Waals surface area contributed by atoms with E-state index in [4.69, 9.17) is 4.74 Å². The third kappa shape index (κ3) is 7.68. The summed E-state index contributed by atoms with van der Waals surface area (Å²) in [6.45, 7) is 3.76. The number of ether oxygens (including phenoxy) is 1. The Kier molecular flexibility index (Phi) is 10.0. The van der Waals surface area contributed by atoms with E-state index in [0.717, 1.165) is 34.7 Å². The molecule has 0 bridgehead atoms. The van der Waals surface area contributed by atoms with Crippen LogP contribution in [0.15, 0.2) is 90.3 Å². The number of benzene rings is 3. The molecule has 5 atom stereocenters. The molecule has 1 unspecified atom stereocenters. The largest absolute Gasteiger partial charge is 0.389 e. The topological polar surface area (TPSA) is 104 Å². The predicted molar refractivity (Wildman–Crippen MR) is 175 cm³/mol. The van der Waals surface area contributed by atoms with E-state index < -0.39 is 12.1 Å². The third-order valence-electron chi connectivity index (χ3n) is 8.70. The third-order valence-corrected chi connectivity index (χ3v) is 9.76. The monoisotopic (exact) mass is 624 g/mol. The first kappa shape index (κ1) is 31.1. The predicted octanol–water partition coefficient (Wildman–Crippen LogP) is 5.08. The van der Waals surface area contributed by atoms with Crippen molar-refractivity contribution in [3.63, 3.8) is 0 Å². The first-order valence-corrected chi connectivity index (χ1v) is 16.6. The van der Waals surface area contributed by atoms with Crippen LogP contribution in [-0.4, -0.2) is 64.2 Å². The van der Waals surface area contributed by atoms with Crippen LogP contribution in [0.25, 0.3) is 0 Å². The molecule has 6 rings (SSSR count). The molecule has 0 radical (unpaired) electrons. The number of nitrogens with zero attached hydrogens (tertiary/aromatic N) is 2. The number of carbonyl (C=O) groups is 2. The lowest BCUT2D eigenvalue weighted by atomic mass is 9.94. The molecule has 2 fully saturated rings. The maximum atomic E-state index is 13.7. The molecule has 3 aromatic carbocycles. The number of rotatable bonds is 11. The zero-order valence-corrected chi connectivity index (χ0v) is 26.3. The number of carbonyl (C=O) groups excluding carboxylic acids is 2. The maximum absolute atomic E-state index is 13.7. The number of likely N-dealkylation sites (tertiary alicyclic amines) is 1. The van der Waals surface area contributed by atoms with E-state index >= 15 is 0 Å². The Bertz CT molecular complexity index is 1580. The van der Waals surface area contributed by atoms with E-state index in [9.17, 15) is 14.7 Å². The number of hydrogen-bond acceptors (Lipinski definition) is 7. The number of aliphatic hydroxyl groups is 1. The second-order valence-corrected chi connectivity index (χ2v) is 12.9. The van der Waals surface area contributed by atoms with Gasteiger partial charge in [-0.25, -0.2) is 4.98 Å². The fourth-order valence-electron chi connectivity index (χ4n) is 6.32. The molecule has 8 nitrogen and oxygen atoms in total. The van der Waals surface area contributed by atoms with Gasteiger partial charge in [-0.2, -0.15) is 0 Å². The highest BCUT2D eigenvalue weighted by Gasteiger charge is 2.36. The van der Waals surface area contributed by atoms with Crippen LogP contribution in [0.4, 0.5) is 0 Å². The molecule has 2 saturated heterocycles. The molecular weight excluding hydrogens is 584 g/mol. The summed E-state index contributed by atoms with van der Waals surface area (Å²) in [4.78, 5) is 33.8. The average molecular weight is 625 g/mol. The summed E-state index contributed by atoms with van der Waals surface area (Å²) in [5.74, 6) is -0.425. The number of aryl methyl sites for hydroxylation is 1. The fraction of sp³-hybridized carbons (Fsp3) is 0.361. The Balaban J connectivity index is 1.14. The van der Waals surface area contributed by atoms with Crippen LogP contribution in [0.2, 0.25) is 0 Å². The van der Waals surface area contributed by atoms with Crippen molar-refractivity contribution in [2.24, 2.45) is 0 Å². The Morgan fingerprint density at radius 1 is 1.04 bits per heavy atom. The van der Waals surface area contributed by atoms with Crippen molar-refractivity contribution in [2.75, 3.05) is 13.1 Å². The molecular formula is C36H40N4O4S. The van der Waals surface area contributed by atoms with E-state index in [0.29, 0.717) is 43.7 Å². The van der Waals surface area contributed by atoms with E-state index in [1.165, 1.54) is 0 Å². The molecule has 234 valence electrons. The Hall–Kier alpha value is -3.89. The van der Waals surface area contributed by atoms with E-state index in [-0.39, 0.29) is 30.0 Å². The molecule has 3 N–H and O–H groups in total. The summed E-state index contributed by atoms with van der Waals surface area (Å²) in [5.41, 5.74) is 3.94. The second kappa shape index (κ2) is 14.5. The van der Waals surface area contributed by atoms with Crippen LogP contribution < -0.4 is 10.6 Å². The van der Waals surface area contributed by atoms with Crippen molar-refractivity contribution in [3.8, 4) is 0 Å². The van der Waals surface area contributed by atoms with Crippen molar-refractivity contribution >= 4 is 23.2 Å². The SMILES string of the molecule is Cc1csc([C@H]2CCCN2C(=O)c2cccc(C(=O)NC(Cc3ccccc3)[C@H](O)[C@@H]3C[C@@H](OCc4ccccc4)CN3)c2)n1. The van der Waals surface area contributed by atoms with Crippen molar-refractivity contribution in [2.45, 2.75) is 69.5 Å². The molecule has 2 aliphatic heterocycles. The van der Waals surface area contributed by atoms with E-state index in [1.54, 1.807) is 35.6 Å². The van der Waals surface area contributed by atoms with Crippen LogP contribution in [0, 0.1) is 6.92 Å². The standard InChI is InChI=1S/C36H40N4O4S/c1-24-23-45-35(38-24)32-16-9-17-40(32)36(43)28-15-8-14-27(19-28)34(42)39-31(18-25-10-4-2-5-11-25)33(41)30-20-29(21-37-30)44-22-26-12-6-3-7-13-26/h2-8,10-15,19,23,29-33,37,41H,9,16-18,20-22H2,1H3,(H,39,42)/t29-,30+,31?,32-,33-/m1/s1. The highest BCUT2D eigenvalue weighted by Crippen LogP contribution is 2.35. The average Bonchev–Trinajstić information content (AvgIpc) is 3.85. The molecule has 45 heavy (non-hydrogen) atoms. The van der Waals surface area contributed by atoms with Crippen LogP contribution in [0.5, 0.6) is 0 Å². The van der Waals surface area contributed by atoms with Gasteiger partial charge < -0.3 is 25.4 Å². The fourth-order valence-corrected chi connectivity index (χ4v) is 7.26. The van der Waals surface area contributed by atoms with Crippen molar-refractivity contribution in [1.29, 1.82) is 0 Å². The van der Waals surface area contributed by atoms with E-state index in [1.807, 2.05) is 77.9 Å². The molecule has 2 amide bonds. The lowest BCUT2D eigenvalue weighted by Crippen LogP contribution is -2.52. The zero-order valence-electron chi connectivity index (χ0n) is 25.5. The summed E-state index contributed by atoms with van der Waals surface area (Å²) in [6.07, 6.45) is 2.00. The van der Waals surface area contributed by atoms with Crippen molar-refractivity contribution in [3.05, 3.63) is 123 Å². The lowest BCUT2D eigenvalue weighted by molar-refractivity contribution is 0.0419. The normalized spacial score (nSPS) is 21.0. The molecule has 0 aliphatic carbocycles. The minimum Gasteiger partial charge on any atom is -0.389 e. The quantitative estimate of drug-likeness (QED) is 0.215. The summed E-state index contributed by atoms with van der Waals surface area (Å²) in [5, 5.41) is 21.1. The Morgan fingerprint density at radius 3 is 2.51 bits per heavy atom. The van der Waals surface area contributed by atoms with Gasteiger partial charge in [0.15, 0.2) is 0 Å². The van der Waals surface area contributed by atoms with Crippen LogP contribution in [0.1, 0.15) is 67.8 Å². The molecule has 3 heterocycles. The van der Waals surface area contributed by atoms with Gasteiger partial charge in [0.25, 0.3) is 11.8 Å². The number of hydrogen-bond donors (Lipinski definition) is 3. The molecule has 9 heteroatoms. The smallest absolute Gasteiger partial charge is 0.254 e. The number of amides is 2. The zero-order chi connectivity index (χ0) is 31.2. The van der Waals surface area contributed by atoms with Gasteiger partial charge in [-0.15, -0.1) is 11.3 Å². The molecule has 2 aliphatic rings. The van der Waals surface area contributed by atoms with Gasteiger partial charge in [0.05, 0.1) is 30.9 Å². The van der Waals surface area contributed by atoms with Crippen molar-refractivity contribution in [1.82, 2.24) is 20.5 Å². The number of thiazole rings is 1. The summed E-state index contributed by atoms with van der Waals surface area (Å²) < 4.78 is 6.13. The number of aromatic nitrogens is 1. The van der Waals surface area contributed by atoms with Crippen LogP contribution in [0.3, 0.4) is 0 Å². The second-order valence-electron chi connectivity index (χ2n) is 12.0.